The Kier molecular flexibility index (Phi) is 6.05. The molecule has 0 saturated carbocycles. The van der Waals surface area contributed by atoms with Crippen molar-refractivity contribution in [2.24, 2.45) is 4.99 Å². The van der Waals surface area contributed by atoms with Crippen LogP contribution < -0.4 is 5.32 Å². The molecule has 0 aliphatic carbocycles. The fraction of sp³-hybridized carbons (Fsp3) is 0.667. The van der Waals surface area contributed by atoms with Crippen molar-refractivity contribution in [2.75, 3.05) is 7.05 Å². The number of amides is 1. The van der Waals surface area contributed by atoms with Crippen LogP contribution in [0.3, 0.4) is 0 Å². The van der Waals surface area contributed by atoms with Crippen LogP contribution in [-0.2, 0) is 4.74 Å². The number of nitrogens with one attached hydrogen (secondary N) is 1. The number of aliphatic imine (C=N–C) groups is 1. The van der Waals surface area contributed by atoms with E-state index in [1.54, 1.807) is 20.8 Å². The lowest BCUT2D eigenvalue weighted by atomic mass is 10.2. The number of alkyl halides is 3. The van der Waals surface area contributed by atoms with Crippen molar-refractivity contribution in [3.63, 3.8) is 0 Å². The van der Waals surface area contributed by atoms with E-state index in [2.05, 4.69) is 16.9 Å². The number of carbonyl (C=O) groups excluding carboxylic acids is 1. The largest absolute Gasteiger partial charge is 0.449 e. The molecule has 0 aromatic heterocycles. The molecule has 0 aromatic rings. The average molecular weight is 295 g/mol. The zero-order valence-electron chi connectivity index (χ0n) is 12.2. The van der Waals surface area contributed by atoms with E-state index in [-0.39, 0.29) is 0 Å². The summed E-state index contributed by atoms with van der Waals surface area (Å²) < 4.78 is 43.3. The topological polar surface area (TPSA) is 53.9 Å². The zero-order valence-corrected chi connectivity index (χ0v) is 12.2. The fourth-order valence-electron chi connectivity index (χ4n) is 1.21. The SMILES string of the molecule is C=C/N=C(\N(C)C(C)NC(=O)OC(C)(C)C)C(F)(F)F. The number of alkyl carbamates (subject to hydrolysis) is 1. The maximum absolute atomic E-state index is 12.8. The van der Waals surface area contributed by atoms with Crippen LogP contribution in [0.1, 0.15) is 27.7 Å². The van der Waals surface area contributed by atoms with E-state index in [1.807, 2.05) is 0 Å². The number of amidine groups is 1. The average Bonchev–Trinajstić information content (AvgIpc) is 2.20. The molecule has 0 spiro atoms. The summed E-state index contributed by atoms with van der Waals surface area (Å²) in [6.45, 7) is 9.48. The van der Waals surface area contributed by atoms with Gasteiger partial charge in [0.1, 0.15) is 11.8 Å². The second-order valence-electron chi connectivity index (χ2n) is 5.07. The third-order valence-electron chi connectivity index (χ3n) is 2.11. The maximum Gasteiger partial charge on any atom is 0.449 e. The van der Waals surface area contributed by atoms with Gasteiger partial charge in [0.05, 0.1) is 0 Å². The highest BCUT2D eigenvalue weighted by Gasteiger charge is 2.40. The first kappa shape index (κ1) is 18.3. The van der Waals surface area contributed by atoms with E-state index >= 15 is 0 Å². The van der Waals surface area contributed by atoms with Crippen molar-refractivity contribution in [3.8, 4) is 0 Å². The Morgan fingerprint density at radius 1 is 1.40 bits per heavy atom. The van der Waals surface area contributed by atoms with Crippen LogP contribution >= 0.6 is 0 Å². The van der Waals surface area contributed by atoms with E-state index in [0.29, 0.717) is 0 Å². The fourth-order valence-corrected chi connectivity index (χ4v) is 1.21. The smallest absolute Gasteiger partial charge is 0.444 e. The van der Waals surface area contributed by atoms with E-state index in [1.165, 1.54) is 6.92 Å². The lowest BCUT2D eigenvalue weighted by Gasteiger charge is -2.30. The molecule has 0 saturated heterocycles. The minimum atomic E-state index is -4.65. The van der Waals surface area contributed by atoms with Crippen LogP contribution in [0.25, 0.3) is 0 Å². The standard InChI is InChI=1S/C12H20F3N3O2/c1-7-16-9(12(13,14)15)18(6)8(2)17-10(19)20-11(3,4)5/h7-8H,1H2,2-6H3,(H,17,19)/b16-9-. The molecule has 8 heteroatoms. The maximum atomic E-state index is 12.8. The number of hydrogen-bond acceptors (Lipinski definition) is 3. The molecule has 0 radical (unpaired) electrons. The van der Waals surface area contributed by atoms with Gasteiger partial charge in [0, 0.05) is 13.2 Å². The molecule has 116 valence electrons. The molecule has 5 nitrogen and oxygen atoms in total. The molecule has 20 heavy (non-hydrogen) atoms. The first-order chi connectivity index (χ1) is 8.88. The molecule has 1 atom stereocenters. The van der Waals surface area contributed by atoms with Crippen molar-refractivity contribution in [2.45, 2.75) is 45.6 Å². The molecule has 0 rings (SSSR count). The summed E-state index contributed by atoms with van der Waals surface area (Å²) in [6.07, 6.45) is -5.62. The highest BCUT2D eigenvalue weighted by molar-refractivity contribution is 5.88. The number of hydrogen-bond donors (Lipinski definition) is 1. The van der Waals surface area contributed by atoms with Gasteiger partial charge in [-0.3, -0.25) is 0 Å². The van der Waals surface area contributed by atoms with Gasteiger partial charge in [-0.1, -0.05) is 6.58 Å². The molecule has 1 unspecified atom stereocenters. The molecule has 1 N–H and O–H groups in total. The van der Waals surface area contributed by atoms with Crippen molar-refractivity contribution >= 4 is 11.9 Å². The van der Waals surface area contributed by atoms with Crippen molar-refractivity contribution in [3.05, 3.63) is 12.8 Å². The summed E-state index contributed by atoms with van der Waals surface area (Å²) in [4.78, 5) is 15.5. The summed E-state index contributed by atoms with van der Waals surface area (Å²) in [5.74, 6) is -1.16. The van der Waals surface area contributed by atoms with Crippen LogP contribution in [0.15, 0.2) is 17.8 Å². The summed E-state index contributed by atoms with van der Waals surface area (Å²) in [7, 11) is 1.16. The number of ether oxygens (including phenoxy) is 1. The number of halogens is 3. The normalized spacial score (nSPS) is 14.5. The second kappa shape index (κ2) is 6.62. The monoisotopic (exact) mass is 295 g/mol. The Labute approximate surface area is 116 Å². The lowest BCUT2D eigenvalue weighted by molar-refractivity contribution is -0.0699. The number of carbonyl (C=O) groups is 1. The zero-order chi connectivity index (χ0) is 16.1. The molecule has 0 aliphatic rings. The number of rotatable bonds is 3. The highest BCUT2D eigenvalue weighted by Crippen LogP contribution is 2.20. The van der Waals surface area contributed by atoms with Crippen LogP contribution in [0, 0.1) is 0 Å². The van der Waals surface area contributed by atoms with Crippen molar-refractivity contribution in [1.82, 2.24) is 10.2 Å². The molecule has 0 heterocycles. The van der Waals surface area contributed by atoms with Crippen LogP contribution in [0.4, 0.5) is 18.0 Å². The van der Waals surface area contributed by atoms with Gasteiger partial charge in [0.15, 0.2) is 0 Å². The van der Waals surface area contributed by atoms with E-state index in [4.69, 9.17) is 4.74 Å². The van der Waals surface area contributed by atoms with Gasteiger partial charge in [-0.25, -0.2) is 9.79 Å². The second-order valence-corrected chi connectivity index (χ2v) is 5.07. The van der Waals surface area contributed by atoms with Gasteiger partial charge >= 0.3 is 12.3 Å². The molecule has 0 fully saturated rings. The van der Waals surface area contributed by atoms with Crippen LogP contribution in [-0.4, -0.2) is 41.8 Å². The summed E-state index contributed by atoms with van der Waals surface area (Å²) in [5.41, 5.74) is -0.732. The van der Waals surface area contributed by atoms with E-state index < -0.39 is 29.9 Å². The summed E-state index contributed by atoms with van der Waals surface area (Å²) >= 11 is 0. The summed E-state index contributed by atoms with van der Waals surface area (Å²) in [5, 5.41) is 2.30. The Morgan fingerprint density at radius 3 is 2.25 bits per heavy atom. The Balaban J connectivity index is 4.84. The molecule has 0 bridgehead atoms. The lowest BCUT2D eigenvalue weighted by Crippen LogP contribution is -2.52. The number of nitrogens with zero attached hydrogens (tertiary/aromatic N) is 2. The molecule has 0 aromatic carbocycles. The predicted octanol–water partition coefficient (Wildman–Crippen LogP) is 2.89. The summed E-state index contributed by atoms with van der Waals surface area (Å²) in [6, 6.07) is 0. The van der Waals surface area contributed by atoms with Gasteiger partial charge in [-0.05, 0) is 27.7 Å². The van der Waals surface area contributed by atoms with Gasteiger partial charge in [0.25, 0.3) is 0 Å². The quantitative estimate of drug-likeness (QED) is 0.495. The third-order valence-corrected chi connectivity index (χ3v) is 2.11. The van der Waals surface area contributed by atoms with Gasteiger partial charge in [-0.15, -0.1) is 0 Å². The Hall–Kier alpha value is -1.73. The molecule has 0 aliphatic heterocycles. The molecule has 1 amide bonds. The first-order valence-electron chi connectivity index (χ1n) is 5.86. The van der Waals surface area contributed by atoms with Crippen LogP contribution in [0.2, 0.25) is 0 Å². The Bertz CT molecular complexity index is 386. The minimum absolute atomic E-state index is 0.732. The molecular weight excluding hydrogens is 275 g/mol. The minimum Gasteiger partial charge on any atom is -0.444 e. The van der Waals surface area contributed by atoms with E-state index in [9.17, 15) is 18.0 Å². The van der Waals surface area contributed by atoms with Gasteiger partial charge in [0.2, 0.25) is 5.84 Å². The van der Waals surface area contributed by atoms with Crippen molar-refractivity contribution in [1.29, 1.82) is 0 Å². The van der Waals surface area contributed by atoms with Gasteiger partial charge < -0.3 is 15.0 Å². The highest BCUT2D eigenvalue weighted by atomic mass is 19.4. The third kappa shape index (κ3) is 6.44. The van der Waals surface area contributed by atoms with Crippen molar-refractivity contribution < 1.29 is 22.7 Å². The first-order valence-corrected chi connectivity index (χ1v) is 5.86. The molecular formula is C12H20F3N3O2. The van der Waals surface area contributed by atoms with Crippen LogP contribution in [0.5, 0.6) is 0 Å². The van der Waals surface area contributed by atoms with E-state index in [0.717, 1.165) is 18.1 Å². The Morgan fingerprint density at radius 2 is 1.90 bits per heavy atom. The van der Waals surface area contributed by atoms with Gasteiger partial charge in [-0.2, -0.15) is 13.2 Å². The predicted molar refractivity (Wildman–Crippen MR) is 70.3 cm³/mol.